The molecule has 0 aromatic carbocycles. The Hall–Kier alpha value is -1.06. The van der Waals surface area contributed by atoms with E-state index in [4.69, 9.17) is 5.11 Å². The molecule has 0 aromatic heterocycles. The number of carbonyl (C=O) groups excluding carboxylic acids is 1. The topological polar surface area (TPSA) is 57.6 Å². The van der Waals surface area contributed by atoms with Crippen LogP contribution in [0.5, 0.6) is 0 Å². The summed E-state index contributed by atoms with van der Waals surface area (Å²) in [7, 11) is 1.59. The Morgan fingerprint density at radius 2 is 1.88 bits per heavy atom. The summed E-state index contributed by atoms with van der Waals surface area (Å²) < 4.78 is 0. The van der Waals surface area contributed by atoms with Gasteiger partial charge in [-0.15, -0.1) is 0 Å². The number of likely N-dealkylation sites (N-methyl/N-ethyl adjacent to an activating group) is 1. The number of nitrogens with zero attached hydrogens (tertiary/aromatic N) is 1. The number of carbonyl (C=O) groups is 2. The summed E-state index contributed by atoms with van der Waals surface area (Å²) in [5.74, 6) is -1.06. The normalized spacial score (nSPS) is 23.5. The van der Waals surface area contributed by atoms with Crippen molar-refractivity contribution in [3.63, 3.8) is 0 Å². The van der Waals surface area contributed by atoms with Crippen molar-refractivity contribution in [2.24, 2.45) is 11.3 Å². The van der Waals surface area contributed by atoms with Gasteiger partial charge in [0.25, 0.3) is 0 Å². The fourth-order valence-electron chi connectivity index (χ4n) is 2.44. The zero-order chi connectivity index (χ0) is 13.4. The Morgan fingerprint density at radius 3 is 2.24 bits per heavy atom. The van der Waals surface area contributed by atoms with Gasteiger partial charge in [-0.25, -0.2) is 4.79 Å². The number of hydrogen-bond acceptors (Lipinski definition) is 2. The quantitative estimate of drug-likeness (QED) is 0.823. The first-order chi connectivity index (χ1) is 7.60. The van der Waals surface area contributed by atoms with Crippen LogP contribution >= 0.6 is 0 Å². The first-order valence-corrected chi connectivity index (χ1v) is 6.12. The van der Waals surface area contributed by atoms with Gasteiger partial charge in [0.15, 0.2) is 0 Å². The van der Waals surface area contributed by atoms with Crippen LogP contribution in [-0.2, 0) is 9.59 Å². The molecule has 0 spiro atoms. The average molecular weight is 241 g/mol. The molecule has 1 fully saturated rings. The van der Waals surface area contributed by atoms with Crippen molar-refractivity contribution in [1.29, 1.82) is 0 Å². The number of rotatable bonds is 3. The second kappa shape index (κ2) is 4.31. The fraction of sp³-hybridized carbons (Fsp3) is 0.846. The third-order valence-electron chi connectivity index (χ3n) is 4.25. The molecule has 0 aliphatic heterocycles. The van der Waals surface area contributed by atoms with Gasteiger partial charge < -0.3 is 10.0 Å². The Labute approximate surface area is 103 Å². The summed E-state index contributed by atoms with van der Waals surface area (Å²) in [6.07, 6.45) is 2.95. The molecule has 1 aliphatic carbocycles. The fourth-order valence-corrected chi connectivity index (χ4v) is 2.44. The van der Waals surface area contributed by atoms with E-state index in [0.717, 1.165) is 19.3 Å². The Kier molecular flexibility index (Phi) is 3.55. The molecule has 1 atom stereocenters. The Balaban J connectivity index is 2.87. The Morgan fingerprint density at radius 1 is 1.35 bits per heavy atom. The van der Waals surface area contributed by atoms with Gasteiger partial charge in [0.05, 0.1) is 0 Å². The van der Waals surface area contributed by atoms with Crippen LogP contribution in [0.2, 0.25) is 0 Å². The van der Waals surface area contributed by atoms with Gasteiger partial charge in [0, 0.05) is 13.0 Å². The second-order valence-electron chi connectivity index (χ2n) is 6.19. The Bertz CT molecular complexity index is 334. The smallest absolute Gasteiger partial charge is 0.329 e. The van der Waals surface area contributed by atoms with Crippen molar-refractivity contribution in [2.75, 3.05) is 7.05 Å². The van der Waals surface area contributed by atoms with Crippen molar-refractivity contribution in [3.05, 3.63) is 0 Å². The standard InChI is InChI=1S/C13H23NO3/c1-12(2)8-6-7-9(12)10(15)14(5)13(3,4)11(16)17/h9H,6-8H2,1-5H3,(H,16,17). The maximum atomic E-state index is 12.4. The molecule has 1 unspecified atom stereocenters. The molecule has 1 rings (SSSR count). The first-order valence-electron chi connectivity index (χ1n) is 6.12. The van der Waals surface area contributed by atoms with Gasteiger partial charge in [-0.2, -0.15) is 0 Å². The molecule has 1 aliphatic rings. The third kappa shape index (κ3) is 2.45. The van der Waals surface area contributed by atoms with E-state index in [-0.39, 0.29) is 17.2 Å². The number of carboxylic acid groups (broad SMARTS) is 1. The van der Waals surface area contributed by atoms with E-state index in [1.165, 1.54) is 4.90 Å². The van der Waals surface area contributed by atoms with E-state index in [9.17, 15) is 9.59 Å². The van der Waals surface area contributed by atoms with E-state index in [2.05, 4.69) is 13.8 Å². The summed E-state index contributed by atoms with van der Waals surface area (Å²) in [5, 5.41) is 9.14. The lowest BCUT2D eigenvalue weighted by molar-refractivity contribution is -0.158. The summed E-state index contributed by atoms with van der Waals surface area (Å²) in [5.41, 5.74) is -1.16. The molecule has 0 bridgehead atoms. The predicted octanol–water partition coefficient (Wildman–Crippen LogP) is 2.13. The van der Waals surface area contributed by atoms with Gasteiger partial charge in [-0.1, -0.05) is 20.3 Å². The van der Waals surface area contributed by atoms with Crippen LogP contribution in [0.1, 0.15) is 47.0 Å². The highest BCUT2D eigenvalue weighted by molar-refractivity contribution is 5.87. The highest BCUT2D eigenvalue weighted by atomic mass is 16.4. The maximum absolute atomic E-state index is 12.4. The molecule has 17 heavy (non-hydrogen) atoms. The third-order valence-corrected chi connectivity index (χ3v) is 4.25. The van der Waals surface area contributed by atoms with E-state index >= 15 is 0 Å². The second-order valence-corrected chi connectivity index (χ2v) is 6.19. The zero-order valence-corrected chi connectivity index (χ0v) is 11.4. The van der Waals surface area contributed by atoms with E-state index in [1.54, 1.807) is 20.9 Å². The summed E-state index contributed by atoms with van der Waals surface area (Å²) in [4.78, 5) is 24.9. The minimum Gasteiger partial charge on any atom is -0.480 e. The number of hydrogen-bond donors (Lipinski definition) is 1. The molecule has 98 valence electrons. The van der Waals surface area contributed by atoms with Crippen LogP contribution in [0.4, 0.5) is 0 Å². The number of carboxylic acids is 1. The molecule has 0 saturated heterocycles. The molecule has 1 amide bonds. The lowest BCUT2D eigenvalue weighted by atomic mass is 9.80. The molecule has 0 radical (unpaired) electrons. The van der Waals surface area contributed by atoms with E-state index < -0.39 is 11.5 Å². The molecule has 4 nitrogen and oxygen atoms in total. The number of aliphatic carboxylic acids is 1. The largest absolute Gasteiger partial charge is 0.480 e. The lowest BCUT2D eigenvalue weighted by Gasteiger charge is -2.36. The van der Waals surface area contributed by atoms with Crippen molar-refractivity contribution in [3.8, 4) is 0 Å². The van der Waals surface area contributed by atoms with Crippen LogP contribution in [0.15, 0.2) is 0 Å². The molecular formula is C13H23NO3. The van der Waals surface area contributed by atoms with Crippen LogP contribution in [0, 0.1) is 11.3 Å². The molecule has 4 heteroatoms. The predicted molar refractivity (Wildman–Crippen MR) is 65.6 cm³/mol. The molecule has 1 N–H and O–H groups in total. The summed E-state index contributed by atoms with van der Waals surface area (Å²) >= 11 is 0. The van der Waals surface area contributed by atoms with E-state index in [0.29, 0.717) is 0 Å². The minimum absolute atomic E-state index is 0.0140. The van der Waals surface area contributed by atoms with Gasteiger partial charge in [0.2, 0.25) is 5.91 Å². The van der Waals surface area contributed by atoms with Crippen LogP contribution in [0.3, 0.4) is 0 Å². The van der Waals surface area contributed by atoms with Crippen molar-refractivity contribution in [2.45, 2.75) is 52.5 Å². The van der Waals surface area contributed by atoms with Crippen LogP contribution in [-0.4, -0.2) is 34.5 Å². The van der Waals surface area contributed by atoms with Gasteiger partial charge in [-0.05, 0) is 32.1 Å². The summed E-state index contributed by atoms with van der Waals surface area (Å²) in [6, 6.07) is 0. The van der Waals surface area contributed by atoms with Crippen molar-refractivity contribution < 1.29 is 14.7 Å². The SMILES string of the molecule is CN(C(=O)C1CCCC1(C)C)C(C)(C)C(=O)O. The molecular weight excluding hydrogens is 218 g/mol. The maximum Gasteiger partial charge on any atom is 0.329 e. The highest BCUT2D eigenvalue weighted by Crippen LogP contribution is 2.43. The van der Waals surface area contributed by atoms with Crippen molar-refractivity contribution in [1.82, 2.24) is 4.90 Å². The van der Waals surface area contributed by atoms with Gasteiger partial charge >= 0.3 is 5.97 Å². The van der Waals surface area contributed by atoms with Crippen LogP contribution in [0.25, 0.3) is 0 Å². The van der Waals surface area contributed by atoms with Gasteiger partial charge in [0.1, 0.15) is 5.54 Å². The van der Waals surface area contributed by atoms with Gasteiger partial charge in [-0.3, -0.25) is 4.79 Å². The van der Waals surface area contributed by atoms with E-state index in [1.807, 2.05) is 0 Å². The lowest BCUT2D eigenvalue weighted by Crippen LogP contribution is -2.53. The number of amides is 1. The minimum atomic E-state index is -1.14. The molecule has 0 aromatic rings. The first kappa shape index (κ1) is 14.0. The molecule has 1 saturated carbocycles. The molecule has 0 heterocycles. The summed E-state index contributed by atoms with van der Waals surface area (Å²) in [6.45, 7) is 7.30. The average Bonchev–Trinajstić information content (AvgIpc) is 2.55. The monoisotopic (exact) mass is 241 g/mol. The van der Waals surface area contributed by atoms with Crippen molar-refractivity contribution >= 4 is 11.9 Å². The van der Waals surface area contributed by atoms with Crippen LogP contribution < -0.4 is 0 Å². The zero-order valence-electron chi connectivity index (χ0n) is 11.4. The highest BCUT2D eigenvalue weighted by Gasteiger charge is 2.44.